The molecule has 1 amide bonds. The van der Waals surface area contributed by atoms with E-state index in [1.54, 1.807) is 43.3 Å². The first-order chi connectivity index (χ1) is 16.0. The van der Waals surface area contributed by atoms with Crippen LogP contribution >= 0.6 is 11.6 Å². The highest BCUT2D eigenvalue weighted by molar-refractivity contribution is 7.87. The molecule has 0 saturated heterocycles. The summed E-state index contributed by atoms with van der Waals surface area (Å²) in [4.78, 5) is 11.7. The Morgan fingerprint density at radius 2 is 1.76 bits per heavy atom. The zero-order valence-electron chi connectivity index (χ0n) is 17.6. The number of amides is 1. The highest BCUT2D eigenvalue weighted by atomic mass is 35.5. The minimum Gasteiger partial charge on any atom is -0.378 e. The minimum atomic E-state index is -4.60. The molecule has 0 aliphatic heterocycles. The first-order valence-corrected chi connectivity index (χ1v) is 11.5. The van der Waals surface area contributed by atoms with Gasteiger partial charge in [0, 0.05) is 10.6 Å². The molecule has 0 aromatic heterocycles. The second-order valence-corrected chi connectivity index (χ2v) is 9.14. The zero-order chi connectivity index (χ0) is 24.9. The summed E-state index contributed by atoms with van der Waals surface area (Å²) in [6, 6.07) is 14.4. The van der Waals surface area contributed by atoms with Crippen LogP contribution in [0.25, 0.3) is 0 Å². The van der Waals surface area contributed by atoms with Gasteiger partial charge in [0.1, 0.15) is 4.90 Å². The average Bonchev–Trinajstić information content (AvgIpc) is 2.75. The molecule has 6 nitrogen and oxygen atoms in total. The molecule has 0 radical (unpaired) electrons. The predicted molar refractivity (Wildman–Crippen MR) is 121 cm³/mol. The number of benzene rings is 3. The van der Waals surface area contributed by atoms with Crippen molar-refractivity contribution in [3.8, 4) is 5.75 Å². The van der Waals surface area contributed by atoms with Gasteiger partial charge in [-0.25, -0.2) is 5.43 Å². The Labute approximate surface area is 199 Å². The van der Waals surface area contributed by atoms with Crippen molar-refractivity contribution in [3.05, 3.63) is 94.0 Å². The lowest BCUT2D eigenvalue weighted by atomic mass is 10.1. The molecule has 1 N–H and O–H groups in total. The molecule has 0 unspecified atom stereocenters. The Kier molecular flexibility index (Phi) is 7.63. The van der Waals surface area contributed by atoms with E-state index in [1.165, 1.54) is 12.3 Å². The van der Waals surface area contributed by atoms with Crippen LogP contribution in [0.5, 0.6) is 5.75 Å². The van der Waals surface area contributed by atoms with Gasteiger partial charge in [-0.05, 0) is 60.5 Å². The topological polar surface area (TPSA) is 84.8 Å². The van der Waals surface area contributed by atoms with E-state index in [-0.39, 0.29) is 17.7 Å². The molecule has 0 bridgehead atoms. The smallest absolute Gasteiger partial charge is 0.378 e. The van der Waals surface area contributed by atoms with Crippen LogP contribution in [0.4, 0.5) is 13.2 Å². The lowest BCUT2D eigenvalue weighted by Crippen LogP contribution is -2.20. The van der Waals surface area contributed by atoms with Gasteiger partial charge in [-0.15, -0.1) is 0 Å². The monoisotopic (exact) mass is 510 g/mol. The summed E-state index contributed by atoms with van der Waals surface area (Å²) >= 11 is 5.90. The SMILES string of the molecule is Cc1cccc(/C=N/NC(=O)Cc2cccc(Cl)c2)c1OS(=O)(=O)c1ccc(C(F)(F)F)cc1. The second kappa shape index (κ2) is 10.3. The largest absolute Gasteiger partial charge is 0.416 e. The molecular formula is C23H18ClF3N2O4S. The van der Waals surface area contributed by atoms with E-state index in [0.29, 0.717) is 28.3 Å². The van der Waals surface area contributed by atoms with E-state index in [9.17, 15) is 26.4 Å². The number of para-hydroxylation sites is 1. The minimum absolute atomic E-state index is 0.0252. The van der Waals surface area contributed by atoms with Crippen molar-refractivity contribution in [1.82, 2.24) is 5.43 Å². The van der Waals surface area contributed by atoms with Gasteiger partial charge in [0.15, 0.2) is 5.75 Å². The fourth-order valence-electron chi connectivity index (χ4n) is 2.90. The van der Waals surface area contributed by atoms with Crippen LogP contribution in [0.1, 0.15) is 22.3 Å². The van der Waals surface area contributed by atoms with Gasteiger partial charge in [-0.1, -0.05) is 35.9 Å². The molecule has 178 valence electrons. The Balaban J connectivity index is 1.75. The van der Waals surface area contributed by atoms with Crippen LogP contribution in [0, 0.1) is 6.92 Å². The quantitative estimate of drug-likeness (QED) is 0.271. The van der Waals surface area contributed by atoms with E-state index in [4.69, 9.17) is 15.8 Å². The first-order valence-electron chi connectivity index (χ1n) is 9.73. The Bertz CT molecular complexity index is 1320. The van der Waals surface area contributed by atoms with E-state index in [2.05, 4.69) is 10.5 Å². The summed E-state index contributed by atoms with van der Waals surface area (Å²) in [6.45, 7) is 1.59. The second-order valence-electron chi connectivity index (χ2n) is 7.15. The molecule has 11 heteroatoms. The van der Waals surface area contributed by atoms with Gasteiger partial charge < -0.3 is 4.18 Å². The number of aryl methyl sites for hydroxylation is 1. The molecule has 3 aromatic carbocycles. The lowest BCUT2D eigenvalue weighted by molar-refractivity contribution is -0.137. The fraction of sp³-hybridized carbons (Fsp3) is 0.130. The van der Waals surface area contributed by atoms with E-state index < -0.39 is 32.7 Å². The number of nitrogens with zero attached hydrogens (tertiary/aromatic N) is 1. The van der Waals surface area contributed by atoms with Crippen LogP contribution in [0.2, 0.25) is 5.02 Å². The molecule has 0 atom stereocenters. The molecule has 3 aromatic rings. The Morgan fingerprint density at radius 1 is 1.09 bits per heavy atom. The van der Waals surface area contributed by atoms with Crippen LogP contribution in [0.15, 0.2) is 76.7 Å². The molecular weight excluding hydrogens is 493 g/mol. The van der Waals surface area contributed by atoms with E-state index in [0.717, 1.165) is 12.1 Å². The first kappa shape index (κ1) is 25.3. The van der Waals surface area contributed by atoms with Crippen molar-refractivity contribution in [2.24, 2.45) is 5.10 Å². The van der Waals surface area contributed by atoms with Gasteiger partial charge >= 0.3 is 16.3 Å². The summed E-state index contributed by atoms with van der Waals surface area (Å²) < 4.78 is 68.8. The number of rotatable bonds is 7. The van der Waals surface area contributed by atoms with E-state index >= 15 is 0 Å². The average molecular weight is 511 g/mol. The number of alkyl halides is 3. The maximum Gasteiger partial charge on any atom is 0.416 e. The zero-order valence-corrected chi connectivity index (χ0v) is 19.2. The molecule has 0 aliphatic carbocycles. The van der Waals surface area contributed by atoms with Crippen LogP contribution < -0.4 is 9.61 Å². The maximum atomic E-state index is 12.8. The lowest BCUT2D eigenvalue weighted by Gasteiger charge is -2.13. The summed E-state index contributed by atoms with van der Waals surface area (Å²) in [6.07, 6.45) is -3.36. The number of halogens is 4. The Hall–Kier alpha value is -3.37. The van der Waals surface area contributed by atoms with E-state index in [1.807, 2.05) is 0 Å². The van der Waals surface area contributed by atoms with Crippen molar-refractivity contribution in [3.63, 3.8) is 0 Å². The fourth-order valence-corrected chi connectivity index (χ4v) is 4.13. The maximum absolute atomic E-state index is 12.8. The Morgan fingerprint density at radius 3 is 2.41 bits per heavy atom. The number of hydrogen-bond donors (Lipinski definition) is 1. The third-order valence-corrected chi connectivity index (χ3v) is 6.02. The van der Waals surface area contributed by atoms with Crippen molar-refractivity contribution >= 4 is 33.8 Å². The number of nitrogens with one attached hydrogen (secondary N) is 1. The molecule has 0 aliphatic rings. The van der Waals surface area contributed by atoms with Crippen molar-refractivity contribution in [2.75, 3.05) is 0 Å². The van der Waals surface area contributed by atoms with Crippen molar-refractivity contribution < 1.29 is 30.6 Å². The molecule has 3 rings (SSSR count). The van der Waals surface area contributed by atoms with Crippen LogP contribution in [-0.4, -0.2) is 20.5 Å². The molecule has 34 heavy (non-hydrogen) atoms. The highest BCUT2D eigenvalue weighted by Crippen LogP contribution is 2.31. The van der Waals surface area contributed by atoms with Gasteiger partial charge in [0.2, 0.25) is 5.91 Å². The summed E-state index contributed by atoms with van der Waals surface area (Å²) in [5, 5.41) is 4.34. The normalized spacial score (nSPS) is 12.0. The predicted octanol–water partition coefficient (Wildman–Crippen LogP) is 5.13. The van der Waals surface area contributed by atoms with Gasteiger partial charge in [0.05, 0.1) is 18.2 Å². The third-order valence-electron chi connectivity index (χ3n) is 4.55. The molecule has 0 spiro atoms. The number of hydrogen-bond acceptors (Lipinski definition) is 5. The highest BCUT2D eigenvalue weighted by Gasteiger charge is 2.31. The molecule has 0 saturated carbocycles. The number of carbonyl (C=O) groups is 1. The number of hydrazone groups is 1. The van der Waals surface area contributed by atoms with Gasteiger partial charge in [-0.3, -0.25) is 4.79 Å². The number of carbonyl (C=O) groups excluding carboxylic acids is 1. The van der Waals surface area contributed by atoms with Crippen LogP contribution in [-0.2, 0) is 27.5 Å². The molecule has 0 fully saturated rings. The van der Waals surface area contributed by atoms with Crippen molar-refractivity contribution in [1.29, 1.82) is 0 Å². The third kappa shape index (κ3) is 6.58. The van der Waals surface area contributed by atoms with Gasteiger partial charge in [0.25, 0.3) is 0 Å². The standard InChI is InChI=1S/C23H18ClF3N2O4S/c1-15-4-2-6-17(14-28-29-21(30)13-16-5-3-7-19(24)12-16)22(15)33-34(31,32)20-10-8-18(9-11-20)23(25,26)27/h2-12,14H,13H2,1H3,(H,29,30)/b28-14+. The summed E-state index contributed by atoms with van der Waals surface area (Å²) in [5.41, 5.74) is 2.71. The summed E-state index contributed by atoms with van der Waals surface area (Å²) in [7, 11) is -4.44. The van der Waals surface area contributed by atoms with Crippen LogP contribution in [0.3, 0.4) is 0 Å². The summed E-state index contributed by atoms with van der Waals surface area (Å²) in [5.74, 6) is -0.499. The molecule has 0 heterocycles. The van der Waals surface area contributed by atoms with Gasteiger partial charge in [-0.2, -0.15) is 26.7 Å². The van der Waals surface area contributed by atoms with Crippen molar-refractivity contribution in [2.45, 2.75) is 24.4 Å².